The molecule has 2 aromatic heterocycles. The zero-order valence-electron chi connectivity index (χ0n) is 9.87. The van der Waals surface area contributed by atoms with E-state index >= 15 is 0 Å². The Morgan fingerprint density at radius 3 is 2.60 bits per heavy atom. The van der Waals surface area contributed by atoms with Gasteiger partial charge in [0, 0.05) is 11.8 Å². The first-order valence-corrected chi connectivity index (χ1v) is 5.63. The average Bonchev–Trinajstić information content (AvgIpc) is 2.81. The number of H-pyrrole nitrogens is 1. The highest BCUT2D eigenvalue weighted by atomic mass is 19.4. The average molecular weight is 281 g/mol. The molecule has 3 rings (SSSR count). The van der Waals surface area contributed by atoms with Gasteiger partial charge in [-0.2, -0.15) is 13.2 Å². The molecule has 0 saturated heterocycles. The Hall–Kier alpha value is -2.44. The molecule has 0 amide bonds. The molecule has 3 aromatic rings. The number of hydrogen-bond acceptors (Lipinski definition) is 2. The second-order valence-electron chi connectivity index (χ2n) is 4.15. The van der Waals surface area contributed by atoms with Gasteiger partial charge in [0.05, 0.1) is 11.1 Å². The Bertz CT molecular complexity index is 744. The summed E-state index contributed by atoms with van der Waals surface area (Å²) in [5, 5.41) is 0. The van der Waals surface area contributed by atoms with E-state index in [2.05, 4.69) is 15.0 Å². The van der Waals surface area contributed by atoms with Crippen molar-refractivity contribution in [3.63, 3.8) is 0 Å². The first-order chi connectivity index (χ1) is 9.45. The first-order valence-electron chi connectivity index (χ1n) is 5.63. The van der Waals surface area contributed by atoms with E-state index in [-0.39, 0.29) is 11.4 Å². The summed E-state index contributed by atoms with van der Waals surface area (Å²) in [7, 11) is 0. The lowest BCUT2D eigenvalue weighted by atomic mass is 10.1. The number of nitrogens with one attached hydrogen (secondary N) is 1. The molecule has 102 valence electrons. The molecule has 7 heteroatoms. The van der Waals surface area contributed by atoms with Crippen molar-refractivity contribution in [1.29, 1.82) is 0 Å². The fourth-order valence-corrected chi connectivity index (χ4v) is 1.87. The van der Waals surface area contributed by atoms with Gasteiger partial charge in [-0.1, -0.05) is 0 Å². The van der Waals surface area contributed by atoms with Crippen molar-refractivity contribution >= 4 is 11.2 Å². The lowest BCUT2D eigenvalue weighted by Gasteiger charge is -2.08. The van der Waals surface area contributed by atoms with Crippen molar-refractivity contribution in [2.75, 3.05) is 0 Å². The molecule has 0 radical (unpaired) electrons. The molecular weight excluding hydrogens is 274 g/mol. The van der Waals surface area contributed by atoms with Crippen LogP contribution in [-0.4, -0.2) is 15.0 Å². The molecular formula is C13H7F4N3. The van der Waals surface area contributed by atoms with Crippen molar-refractivity contribution < 1.29 is 17.6 Å². The fourth-order valence-electron chi connectivity index (χ4n) is 1.87. The van der Waals surface area contributed by atoms with E-state index in [9.17, 15) is 17.6 Å². The van der Waals surface area contributed by atoms with E-state index in [4.69, 9.17) is 0 Å². The number of nitrogens with zero attached hydrogens (tertiary/aromatic N) is 2. The van der Waals surface area contributed by atoms with E-state index in [0.717, 1.165) is 12.1 Å². The van der Waals surface area contributed by atoms with E-state index in [1.165, 1.54) is 12.3 Å². The van der Waals surface area contributed by atoms with Crippen molar-refractivity contribution in [3.05, 3.63) is 47.9 Å². The molecule has 0 saturated carbocycles. The summed E-state index contributed by atoms with van der Waals surface area (Å²) in [6.07, 6.45) is -3.22. The van der Waals surface area contributed by atoms with E-state index in [1.807, 2.05) is 0 Å². The minimum Gasteiger partial charge on any atom is -0.337 e. The van der Waals surface area contributed by atoms with Crippen LogP contribution in [0.2, 0.25) is 0 Å². The fraction of sp³-hybridized carbons (Fsp3) is 0.0769. The van der Waals surface area contributed by atoms with Crippen LogP contribution in [0.1, 0.15) is 5.56 Å². The number of rotatable bonds is 1. The maximum absolute atomic E-state index is 13.2. The Morgan fingerprint density at radius 1 is 1.10 bits per heavy atom. The summed E-state index contributed by atoms with van der Waals surface area (Å²) in [5.74, 6) is -1.10. The van der Waals surface area contributed by atoms with Crippen LogP contribution in [0.25, 0.3) is 22.6 Å². The van der Waals surface area contributed by atoms with Crippen LogP contribution in [0, 0.1) is 5.82 Å². The normalized spacial score (nSPS) is 12.0. The molecule has 2 heterocycles. The monoisotopic (exact) mass is 281 g/mol. The van der Waals surface area contributed by atoms with Gasteiger partial charge in [0.15, 0.2) is 5.65 Å². The van der Waals surface area contributed by atoms with Gasteiger partial charge in [-0.3, -0.25) is 0 Å². The van der Waals surface area contributed by atoms with Crippen molar-refractivity contribution in [1.82, 2.24) is 15.0 Å². The third-order valence-corrected chi connectivity index (χ3v) is 2.80. The number of alkyl halides is 3. The minimum atomic E-state index is -4.75. The number of aromatic nitrogens is 3. The molecule has 0 aliphatic carbocycles. The summed E-state index contributed by atoms with van der Waals surface area (Å²) >= 11 is 0. The summed E-state index contributed by atoms with van der Waals surface area (Å²) in [6, 6.07) is 6.12. The lowest BCUT2D eigenvalue weighted by molar-refractivity contribution is -0.139. The molecule has 20 heavy (non-hydrogen) atoms. The molecule has 0 fully saturated rings. The van der Waals surface area contributed by atoms with Gasteiger partial charge in [-0.25, -0.2) is 14.4 Å². The zero-order chi connectivity index (χ0) is 14.3. The van der Waals surface area contributed by atoms with Gasteiger partial charge in [0.1, 0.15) is 11.6 Å². The second-order valence-corrected chi connectivity index (χ2v) is 4.15. The number of fused-ring (bicyclic) bond motifs is 1. The van der Waals surface area contributed by atoms with Crippen LogP contribution < -0.4 is 0 Å². The number of benzene rings is 1. The zero-order valence-corrected chi connectivity index (χ0v) is 9.87. The van der Waals surface area contributed by atoms with Gasteiger partial charge in [0.2, 0.25) is 0 Å². The third kappa shape index (κ3) is 2.11. The maximum atomic E-state index is 13.2. The van der Waals surface area contributed by atoms with E-state index in [1.54, 1.807) is 12.1 Å². The highest BCUT2D eigenvalue weighted by Crippen LogP contribution is 2.33. The van der Waals surface area contributed by atoms with Crippen molar-refractivity contribution in [2.24, 2.45) is 0 Å². The van der Waals surface area contributed by atoms with Crippen LogP contribution in [0.15, 0.2) is 36.5 Å². The molecule has 0 bridgehead atoms. The minimum absolute atomic E-state index is 0.150. The highest BCUT2D eigenvalue weighted by Gasteiger charge is 2.34. The second kappa shape index (κ2) is 4.29. The summed E-state index contributed by atoms with van der Waals surface area (Å²) in [6.45, 7) is 0. The largest absolute Gasteiger partial charge is 0.419 e. The van der Waals surface area contributed by atoms with E-state index in [0.29, 0.717) is 11.2 Å². The molecule has 1 N–H and O–H groups in total. The number of hydrogen-bond donors (Lipinski definition) is 1. The Balaban J connectivity index is 2.14. The van der Waals surface area contributed by atoms with Crippen LogP contribution in [-0.2, 0) is 6.18 Å². The smallest absolute Gasteiger partial charge is 0.337 e. The van der Waals surface area contributed by atoms with Gasteiger partial charge in [-0.15, -0.1) is 0 Å². The predicted octanol–water partition coefficient (Wildman–Crippen LogP) is 3.78. The highest BCUT2D eigenvalue weighted by molar-refractivity contribution is 5.75. The number of pyridine rings is 1. The summed E-state index contributed by atoms with van der Waals surface area (Å²) in [4.78, 5) is 10.9. The first kappa shape index (κ1) is 12.6. The molecule has 0 atom stereocenters. The third-order valence-electron chi connectivity index (χ3n) is 2.80. The van der Waals surface area contributed by atoms with Crippen molar-refractivity contribution in [2.45, 2.75) is 6.18 Å². The summed E-state index contributed by atoms with van der Waals surface area (Å²) < 4.78 is 51.2. The topological polar surface area (TPSA) is 41.6 Å². The molecule has 0 aliphatic heterocycles. The summed E-state index contributed by atoms with van der Waals surface area (Å²) in [5.41, 5.74) is -0.180. The van der Waals surface area contributed by atoms with Crippen LogP contribution in [0.3, 0.4) is 0 Å². The van der Waals surface area contributed by atoms with Gasteiger partial charge in [0.25, 0.3) is 0 Å². The van der Waals surface area contributed by atoms with Crippen molar-refractivity contribution in [3.8, 4) is 11.4 Å². The van der Waals surface area contributed by atoms with Crippen LogP contribution >= 0.6 is 0 Å². The standard InChI is InChI=1S/C13H7F4N3/c14-9-4-3-7(6-8(9)13(15,16)17)11-19-10-2-1-5-18-12(10)20-11/h1-6H,(H,18,19,20). The number of imidazole rings is 1. The Morgan fingerprint density at radius 2 is 1.90 bits per heavy atom. The predicted molar refractivity (Wildman–Crippen MR) is 64.3 cm³/mol. The molecule has 0 unspecified atom stereocenters. The number of halogens is 4. The van der Waals surface area contributed by atoms with Crippen LogP contribution in [0.5, 0.6) is 0 Å². The molecule has 3 nitrogen and oxygen atoms in total. The Labute approximate surface area is 110 Å². The van der Waals surface area contributed by atoms with Gasteiger partial charge >= 0.3 is 6.18 Å². The Kier molecular flexibility index (Phi) is 2.70. The van der Waals surface area contributed by atoms with E-state index < -0.39 is 17.6 Å². The molecule has 1 aromatic carbocycles. The van der Waals surface area contributed by atoms with Gasteiger partial charge in [-0.05, 0) is 30.3 Å². The number of aromatic amines is 1. The van der Waals surface area contributed by atoms with Crippen LogP contribution in [0.4, 0.5) is 17.6 Å². The molecule has 0 spiro atoms. The lowest BCUT2D eigenvalue weighted by Crippen LogP contribution is -2.08. The quantitative estimate of drug-likeness (QED) is 0.690. The maximum Gasteiger partial charge on any atom is 0.419 e. The molecule has 0 aliphatic rings. The van der Waals surface area contributed by atoms with Gasteiger partial charge < -0.3 is 4.98 Å². The SMILES string of the molecule is Fc1ccc(-c2nc3ncccc3[nH]2)cc1C(F)(F)F.